The van der Waals surface area contributed by atoms with Crippen LogP contribution in [-0.2, 0) is 19.6 Å². The van der Waals surface area contributed by atoms with Crippen molar-refractivity contribution in [3.05, 3.63) is 29.7 Å². The average molecular weight is 399 g/mol. The number of hydrogen-bond donors (Lipinski definition) is 1. The van der Waals surface area contributed by atoms with Crippen LogP contribution in [0.5, 0.6) is 5.75 Å². The molecule has 0 aromatic heterocycles. The minimum Gasteiger partial charge on any atom is -0.510 e. The van der Waals surface area contributed by atoms with Crippen molar-refractivity contribution in [2.24, 2.45) is 10.2 Å². The monoisotopic (exact) mass is 399 g/mol. The van der Waals surface area contributed by atoms with Crippen LogP contribution in [0.15, 0.2) is 44.8 Å². The number of allylic oxidation sites excluding steroid dienone is 1. The predicted molar refractivity (Wildman–Crippen MR) is 99.6 cm³/mol. The Kier molecular flexibility index (Phi) is 8.38. The smallest absolute Gasteiger partial charge is 0.362 e. The number of ether oxygens (including phenoxy) is 2. The van der Waals surface area contributed by atoms with E-state index in [9.17, 15) is 18.3 Å². The van der Waals surface area contributed by atoms with E-state index in [-0.39, 0.29) is 34.4 Å². The highest BCUT2D eigenvalue weighted by atomic mass is 32.2. The first-order valence-corrected chi connectivity index (χ1v) is 9.83. The summed E-state index contributed by atoms with van der Waals surface area (Å²) in [5.74, 6) is -0.953. The third-order valence-electron chi connectivity index (χ3n) is 3.56. The van der Waals surface area contributed by atoms with Gasteiger partial charge >= 0.3 is 5.97 Å². The molecule has 0 radical (unpaired) electrons. The number of aliphatic hydroxyl groups is 1. The van der Waals surface area contributed by atoms with Gasteiger partial charge in [-0.1, -0.05) is 13.8 Å². The van der Waals surface area contributed by atoms with Crippen molar-refractivity contribution in [1.29, 1.82) is 0 Å². The molecule has 1 N–H and O–H groups in total. The van der Waals surface area contributed by atoms with Crippen LogP contribution in [0.4, 0.5) is 5.69 Å². The lowest BCUT2D eigenvalue weighted by molar-refractivity contribution is -0.138. The van der Waals surface area contributed by atoms with Crippen LogP contribution in [0.25, 0.3) is 0 Å². The third-order valence-corrected chi connectivity index (χ3v) is 5.61. The Morgan fingerprint density at radius 3 is 2.33 bits per heavy atom. The number of azo groups is 1. The molecule has 1 aromatic rings. The molecule has 0 unspecified atom stereocenters. The second-order valence-corrected chi connectivity index (χ2v) is 7.22. The van der Waals surface area contributed by atoms with E-state index in [2.05, 4.69) is 10.2 Å². The number of methoxy groups -OCH3 is 1. The molecule has 0 atom stereocenters. The Labute approximate surface area is 159 Å². The zero-order chi connectivity index (χ0) is 20.6. The van der Waals surface area contributed by atoms with Crippen molar-refractivity contribution in [2.45, 2.75) is 32.6 Å². The minimum absolute atomic E-state index is 0.0170. The summed E-state index contributed by atoms with van der Waals surface area (Å²) in [4.78, 5) is 11.8. The molecule has 0 aliphatic carbocycles. The van der Waals surface area contributed by atoms with Crippen molar-refractivity contribution < 1.29 is 27.8 Å². The summed E-state index contributed by atoms with van der Waals surface area (Å²) in [5, 5.41) is 17.2. The summed E-state index contributed by atoms with van der Waals surface area (Å²) in [6.45, 7) is 7.11. The fourth-order valence-corrected chi connectivity index (χ4v) is 3.66. The van der Waals surface area contributed by atoms with E-state index in [1.165, 1.54) is 36.5 Å². The minimum atomic E-state index is -3.71. The average Bonchev–Trinajstić information content (AvgIpc) is 2.62. The topological polar surface area (TPSA) is 118 Å². The lowest BCUT2D eigenvalue weighted by Gasteiger charge is -2.18. The van der Waals surface area contributed by atoms with E-state index < -0.39 is 16.0 Å². The van der Waals surface area contributed by atoms with Crippen LogP contribution in [-0.4, -0.2) is 50.6 Å². The maximum Gasteiger partial charge on any atom is 0.362 e. The van der Waals surface area contributed by atoms with Gasteiger partial charge in [-0.3, -0.25) is 0 Å². The summed E-state index contributed by atoms with van der Waals surface area (Å²) in [5.41, 5.74) is -0.287. The standard InChI is InChI=1S/C17H25N3O6S/c1-6-20(7-2)27(23,24)13-9-10-15(25-5)14(11-13)18-19-16(12(4)21)17(22)26-8-3/h9-11,21H,6-8H2,1-5H3/b16-12-,19-18?. The summed E-state index contributed by atoms with van der Waals surface area (Å²) >= 11 is 0. The number of nitrogens with zero attached hydrogens (tertiary/aromatic N) is 3. The van der Waals surface area contributed by atoms with Crippen LogP contribution in [0, 0.1) is 0 Å². The van der Waals surface area contributed by atoms with Gasteiger partial charge in [0.15, 0.2) is 0 Å². The number of aliphatic hydroxyl groups excluding tert-OH is 1. The molecule has 0 saturated heterocycles. The molecule has 0 aliphatic rings. The van der Waals surface area contributed by atoms with E-state index >= 15 is 0 Å². The fraction of sp³-hybridized carbons (Fsp3) is 0.471. The molecule has 0 spiro atoms. The number of carbonyl (C=O) groups is 1. The Hall–Kier alpha value is -2.46. The van der Waals surface area contributed by atoms with Gasteiger partial charge in [0.05, 0.1) is 18.6 Å². The normalized spacial score (nSPS) is 13.0. The molecule has 27 heavy (non-hydrogen) atoms. The third kappa shape index (κ3) is 5.51. The molecular weight excluding hydrogens is 374 g/mol. The van der Waals surface area contributed by atoms with Gasteiger partial charge in [-0.2, -0.15) is 4.31 Å². The Morgan fingerprint density at radius 1 is 1.22 bits per heavy atom. The molecule has 0 fully saturated rings. The molecule has 0 heterocycles. The maximum absolute atomic E-state index is 12.7. The number of sulfonamides is 1. The largest absolute Gasteiger partial charge is 0.510 e. The van der Waals surface area contributed by atoms with Gasteiger partial charge in [0.2, 0.25) is 15.7 Å². The first-order chi connectivity index (χ1) is 12.7. The van der Waals surface area contributed by atoms with Gasteiger partial charge in [-0.25, -0.2) is 13.2 Å². The Bertz CT molecular complexity index is 825. The number of hydrogen-bond acceptors (Lipinski definition) is 8. The SMILES string of the molecule is CCOC(=O)/C(N=Nc1cc(S(=O)(=O)N(CC)CC)ccc1OC)=C(\C)O. The number of rotatable bonds is 9. The Morgan fingerprint density at radius 2 is 1.85 bits per heavy atom. The highest BCUT2D eigenvalue weighted by Crippen LogP contribution is 2.32. The second-order valence-electron chi connectivity index (χ2n) is 5.28. The van der Waals surface area contributed by atoms with Gasteiger partial charge in [-0.15, -0.1) is 10.2 Å². The van der Waals surface area contributed by atoms with Crippen LogP contribution >= 0.6 is 0 Å². The summed E-state index contributed by atoms with van der Waals surface area (Å²) in [6, 6.07) is 4.15. The van der Waals surface area contributed by atoms with Gasteiger partial charge in [-0.05, 0) is 32.0 Å². The lowest BCUT2D eigenvalue weighted by Crippen LogP contribution is -2.30. The quantitative estimate of drug-likeness (QED) is 0.295. The molecular formula is C17H25N3O6S. The molecule has 0 bridgehead atoms. The molecule has 1 rings (SSSR count). The first-order valence-electron chi connectivity index (χ1n) is 8.39. The van der Waals surface area contributed by atoms with Crippen molar-refractivity contribution in [3.63, 3.8) is 0 Å². The number of esters is 1. The fourth-order valence-electron chi connectivity index (χ4n) is 2.19. The van der Waals surface area contributed by atoms with E-state index in [1.54, 1.807) is 20.8 Å². The molecule has 150 valence electrons. The first kappa shape index (κ1) is 22.6. The van der Waals surface area contributed by atoms with E-state index in [0.29, 0.717) is 13.1 Å². The van der Waals surface area contributed by atoms with Gasteiger partial charge in [0.25, 0.3) is 0 Å². The van der Waals surface area contributed by atoms with Crippen molar-refractivity contribution in [1.82, 2.24) is 4.31 Å². The molecule has 10 heteroatoms. The predicted octanol–water partition coefficient (Wildman–Crippen LogP) is 3.16. The van der Waals surface area contributed by atoms with Gasteiger partial charge in [0.1, 0.15) is 17.2 Å². The van der Waals surface area contributed by atoms with Gasteiger partial charge in [0, 0.05) is 13.1 Å². The van der Waals surface area contributed by atoms with Crippen LogP contribution in [0.3, 0.4) is 0 Å². The van der Waals surface area contributed by atoms with E-state index in [1.807, 2.05) is 0 Å². The zero-order valence-electron chi connectivity index (χ0n) is 16.1. The van der Waals surface area contributed by atoms with Crippen molar-refractivity contribution in [3.8, 4) is 5.75 Å². The molecule has 9 nitrogen and oxygen atoms in total. The highest BCUT2D eigenvalue weighted by Gasteiger charge is 2.23. The zero-order valence-corrected chi connectivity index (χ0v) is 16.9. The number of benzene rings is 1. The van der Waals surface area contributed by atoms with E-state index in [0.717, 1.165) is 0 Å². The number of carbonyl (C=O) groups excluding carboxylic acids is 1. The second kappa shape index (κ2) is 10.0. The summed E-state index contributed by atoms with van der Waals surface area (Å²) < 4.78 is 36.6. The molecule has 0 saturated carbocycles. The summed E-state index contributed by atoms with van der Waals surface area (Å²) in [7, 11) is -2.31. The highest BCUT2D eigenvalue weighted by molar-refractivity contribution is 7.89. The van der Waals surface area contributed by atoms with Crippen LogP contribution in [0.2, 0.25) is 0 Å². The van der Waals surface area contributed by atoms with Crippen LogP contribution in [0.1, 0.15) is 27.7 Å². The molecule has 0 aliphatic heterocycles. The Balaban J connectivity index is 3.39. The van der Waals surface area contributed by atoms with Crippen molar-refractivity contribution in [2.75, 3.05) is 26.8 Å². The van der Waals surface area contributed by atoms with Crippen LogP contribution < -0.4 is 4.74 Å². The summed E-state index contributed by atoms with van der Waals surface area (Å²) in [6.07, 6.45) is 0. The van der Waals surface area contributed by atoms with E-state index in [4.69, 9.17) is 9.47 Å². The molecule has 1 aromatic carbocycles. The maximum atomic E-state index is 12.7. The van der Waals surface area contributed by atoms with Crippen molar-refractivity contribution >= 4 is 21.7 Å². The molecule has 0 amide bonds. The van der Waals surface area contributed by atoms with Gasteiger partial charge < -0.3 is 14.6 Å². The lowest BCUT2D eigenvalue weighted by atomic mass is 10.3.